The highest BCUT2D eigenvalue weighted by Gasteiger charge is 2.11. The molecule has 2 heterocycles. The van der Waals surface area contributed by atoms with Gasteiger partial charge in [-0.3, -0.25) is 0 Å². The molecule has 0 aliphatic carbocycles. The Labute approximate surface area is 283 Å². The van der Waals surface area contributed by atoms with Crippen LogP contribution in [0.1, 0.15) is 23.6 Å². The lowest BCUT2D eigenvalue weighted by molar-refractivity contribution is 0.419. The van der Waals surface area contributed by atoms with Crippen molar-refractivity contribution in [1.29, 1.82) is 0 Å². The summed E-state index contributed by atoms with van der Waals surface area (Å²) < 4.78 is 50.4. The number of fused-ring (bicyclic) bond motifs is 2. The Kier molecular flexibility index (Phi) is 10.1. The number of hydrogen-bond donors (Lipinski definition) is 4. The molecule has 6 N–H and O–H groups in total. The van der Waals surface area contributed by atoms with E-state index in [9.17, 15) is 16.8 Å². The first kappa shape index (κ1) is 34.7. The maximum Gasteiger partial charge on any atom is 0.238 e. The number of sulfonamides is 2. The van der Waals surface area contributed by atoms with Crippen LogP contribution in [0.4, 0.5) is 23.3 Å². The number of ether oxygens (including phenoxy) is 1. The van der Waals surface area contributed by atoms with E-state index >= 15 is 0 Å². The van der Waals surface area contributed by atoms with Crippen LogP contribution >= 0.6 is 0 Å². The van der Waals surface area contributed by atoms with E-state index in [4.69, 9.17) is 21.4 Å². The maximum atomic E-state index is 11.3. The van der Waals surface area contributed by atoms with Crippen molar-refractivity contribution in [2.45, 2.75) is 30.1 Å². The number of aromatic nitrogens is 4. The summed E-state index contributed by atoms with van der Waals surface area (Å²) in [5.74, 6) is 3.89. The first-order valence-electron chi connectivity index (χ1n) is 14.6. The summed E-state index contributed by atoms with van der Waals surface area (Å²) in [5.41, 5.74) is 5.83. The molecule has 0 bridgehead atoms. The van der Waals surface area contributed by atoms with E-state index in [-0.39, 0.29) is 9.79 Å². The molecule has 6 aromatic rings. The highest BCUT2D eigenvalue weighted by atomic mass is 32.2. The lowest BCUT2D eigenvalue weighted by Crippen LogP contribution is -2.11. The van der Waals surface area contributed by atoms with Crippen LogP contribution in [0.5, 0.6) is 5.75 Å². The van der Waals surface area contributed by atoms with Gasteiger partial charge in [0.1, 0.15) is 11.3 Å². The predicted molar refractivity (Wildman–Crippen MR) is 190 cm³/mol. The van der Waals surface area contributed by atoms with Gasteiger partial charge < -0.3 is 15.4 Å². The average molecular weight is 697 g/mol. The summed E-state index contributed by atoms with van der Waals surface area (Å²) in [4.78, 5) is 17.6. The fourth-order valence-corrected chi connectivity index (χ4v) is 5.82. The molecular formula is C34H32N8O5S2. The Hall–Kier alpha value is -5.66. The summed E-state index contributed by atoms with van der Waals surface area (Å²) in [6.45, 7) is 4.14. The van der Waals surface area contributed by atoms with Gasteiger partial charge in [-0.2, -0.15) is 0 Å². The van der Waals surface area contributed by atoms with Crippen molar-refractivity contribution < 1.29 is 21.6 Å². The zero-order valence-corrected chi connectivity index (χ0v) is 28.3. The predicted octanol–water partition coefficient (Wildman–Crippen LogP) is 4.90. The van der Waals surface area contributed by atoms with Gasteiger partial charge in [-0.25, -0.2) is 47.0 Å². The summed E-state index contributed by atoms with van der Waals surface area (Å²) in [6.07, 6.45) is 9.81. The molecule has 0 saturated carbocycles. The molecule has 2 aromatic heterocycles. The molecule has 0 aliphatic heterocycles. The summed E-state index contributed by atoms with van der Waals surface area (Å²) in [7, 11) is -5.88. The van der Waals surface area contributed by atoms with E-state index < -0.39 is 20.0 Å². The zero-order valence-electron chi connectivity index (χ0n) is 26.7. The SMILES string of the molecule is C#Cc1cc(OC)c2nc(Nc3ccc(S(N)(=O)=O)cc3)ncc2c1.CCc1cc(C)c2nc(Nc3ccc(S(N)(=O)=O)cc3)ncc2c1. The van der Waals surface area contributed by atoms with Gasteiger partial charge in [0.25, 0.3) is 0 Å². The molecule has 4 aromatic carbocycles. The third-order valence-electron chi connectivity index (χ3n) is 7.25. The van der Waals surface area contributed by atoms with E-state index in [1.165, 1.54) is 36.9 Å². The van der Waals surface area contributed by atoms with Crippen LogP contribution in [-0.4, -0.2) is 43.9 Å². The molecule has 0 aliphatic rings. The fraction of sp³-hybridized carbons (Fsp3) is 0.118. The number of nitrogens with zero attached hydrogens (tertiary/aromatic N) is 4. The van der Waals surface area contributed by atoms with Gasteiger partial charge in [0, 0.05) is 40.1 Å². The van der Waals surface area contributed by atoms with E-state index in [1.807, 2.05) is 6.92 Å². The van der Waals surface area contributed by atoms with Gasteiger partial charge in [-0.05, 0) is 91.2 Å². The average Bonchev–Trinajstić information content (AvgIpc) is 3.08. The second-order valence-corrected chi connectivity index (χ2v) is 13.9. The minimum Gasteiger partial charge on any atom is -0.494 e. The van der Waals surface area contributed by atoms with Crippen molar-refractivity contribution in [3.05, 3.63) is 102 Å². The van der Waals surface area contributed by atoms with E-state index in [0.717, 1.165) is 28.3 Å². The number of nitrogens with one attached hydrogen (secondary N) is 2. The van der Waals surface area contributed by atoms with Crippen LogP contribution in [-0.2, 0) is 26.5 Å². The molecule has 49 heavy (non-hydrogen) atoms. The molecular weight excluding hydrogens is 665 g/mol. The van der Waals surface area contributed by atoms with Gasteiger partial charge in [-0.1, -0.05) is 18.9 Å². The van der Waals surface area contributed by atoms with Crippen LogP contribution in [0.15, 0.2) is 95.0 Å². The molecule has 15 heteroatoms. The van der Waals surface area contributed by atoms with Gasteiger partial charge in [-0.15, -0.1) is 6.42 Å². The van der Waals surface area contributed by atoms with Crippen molar-refractivity contribution in [2.24, 2.45) is 10.3 Å². The smallest absolute Gasteiger partial charge is 0.238 e. The van der Waals surface area contributed by atoms with Crippen molar-refractivity contribution in [3.8, 4) is 18.1 Å². The summed E-state index contributed by atoms with van der Waals surface area (Å²) in [6, 6.07) is 19.8. The van der Waals surface area contributed by atoms with Crippen LogP contribution in [0.3, 0.4) is 0 Å². The Morgan fingerprint density at radius 2 is 1.24 bits per heavy atom. The van der Waals surface area contributed by atoms with Crippen LogP contribution in [0, 0.1) is 19.3 Å². The van der Waals surface area contributed by atoms with Gasteiger partial charge in [0.15, 0.2) is 0 Å². The van der Waals surface area contributed by atoms with Crippen LogP contribution in [0.25, 0.3) is 21.8 Å². The minimum atomic E-state index is -3.73. The van der Waals surface area contributed by atoms with Crippen molar-refractivity contribution in [2.75, 3.05) is 17.7 Å². The normalized spacial score (nSPS) is 11.3. The van der Waals surface area contributed by atoms with Gasteiger partial charge in [0.2, 0.25) is 31.9 Å². The highest BCUT2D eigenvalue weighted by molar-refractivity contribution is 7.89. The maximum absolute atomic E-state index is 11.3. The molecule has 0 atom stereocenters. The van der Waals surface area contributed by atoms with Gasteiger partial charge >= 0.3 is 0 Å². The van der Waals surface area contributed by atoms with Gasteiger partial charge in [0.05, 0.1) is 22.4 Å². The van der Waals surface area contributed by atoms with Crippen molar-refractivity contribution in [3.63, 3.8) is 0 Å². The lowest BCUT2D eigenvalue weighted by atomic mass is 10.1. The number of benzene rings is 4. The highest BCUT2D eigenvalue weighted by Crippen LogP contribution is 2.27. The molecule has 0 saturated heterocycles. The van der Waals surface area contributed by atoms with E-state index in [1.54, 1.807) is 48.8 Å². The largest absolute Gasteiger partial charge is 0.494 e. The number of anilines is 4. The molecule has 13 nitrogen and oxygen atoms in total. The Balaban J connectivity index is 0.000000191. The van der Waals surface area contributed by atoms with E-state index in [2.05, 4.69) is 55.5 Å². The summed E-state index contributed by atoms with van der Waals surface area (Å²) >= 11 is 0. The summed E-state index contributed by atoms with van der Waals surface area (Å²) in [5, 5.41) is 18.0. The number of nitrogens with two attached hydrogens (primary N) is 2. The number of rotatable bonds is 8. The minimum absolute atomic E-state index is 0.0287. The van der Waals surface area contributed by atoms with Crippen molar-refractivity contribution >= 4 is 65.1 Å². The molecule has 0 radical (unpaired) electrons. The number of terminal acetylenes is 1. The third kappa shape index (κ3) is 8.44. The Morgan fingerprint density at radius 3 is 1.69 bits per heavy atom. The first-order valence-corrected chi connectivity index (χ1v) is 17.7. The molecule has 250 valence electrons. The standard InChI is InChI=1S/C17H14N4O3S.C17H18N4O2S/c1-3-11-8-12-10-19-17(21-16(12)15(9-11)24-2)20-13-4-6-14(7-5-13)25(18,22)23;1-3-12-8-11(2)16-13(9-12)10-19-17(21-16)20-14-4-6-15(7-5-14)24(18,22)23/h1,4-10H,2H3,(H2,18,22,23)(H,19,20,21);4-10H,3H2,1-2H3,(H2,18,22,23)(H,19,20,21). The zero-order chi connectivity index (χ0) is 35.3. The molecule has 0 unspecified atom stereocenters. The molecule has 0 amide bonds. The van der Waals surface area contributed by atoms with Crippen LogP contribution in [0.2, 0.25) is 0 Å². The molecule has 0 spiro atoms. The number of aryl methyl sites for hydroxylation is 2. The third-order valence-corrected chi connectivity index (χ3v) is 9.11. The first-order chi connectivity index (χ1) is 23.3. The monoisotopic (exact) mass is 696 g/mol. The molecule has 0 fully saturated rings. The van der Waals surface area contributed by atoms with E-state index in [0.29, 0.717) is 40.1 Å². The quantitative estimate of drug-likeness (QED) is 0.158. The van der Waals surface area contributed by atoms with Crippen LogP contribution < -0.4 is 25.6 Å². The Bertz CT molecular complexity index is 2430. The lowest BCUT2D eigenvalue weighted by Gasteiger charge is -2.09. The van der Waals surface area contributed by atoms with Crippen molar-refractivity contribution in [1.82, 2.24) is 19.9 Å². The second-order valence-electron chi connectivity index (χ2n) is 10.7. The number of primary sulfonamides is 2. The topological polar surface area (TPSA) is 205 Å². The number of hydrogen-bond acceptors (Lipinski definition) is 11. The second kappa shape index (κ2) is 14.2. The Morgan fingerprint density at radius 1 is 0.755 bits per heavy atom. The number of methoxy groups -OCH3 is 1. The molecule has 6 rings (SSSR count). The fourth-order valence-electron chi connectivity index (χ4n) is 4.79.